The van der Waals surface area contributed by atoms with Crippen LogP contribution in [0.4, 0.5) is 0 Å². The normalized spacial score (nSPS) is 13.3. The molecule has 3 N–H and O–H groups in total. The van der Waals surface area contributed by atoms with Crippen LogP contribution in [0, 0.1) is 13.8 Å². The molecule has 0 radical (unpaired) electrons. The van der Waals surface area contributed by atoms with Gasteiger partial charge in [0, 0.05) is 11.6 Å². The Morgan fingerprint density at radius 1 is 1.33 bits per heavy atom. The third-order valence-corrected chi connectivity index (χ3v) is 4.99. The smallest absolute Gasteiger partial charge is 0.244 e. The predicted octanol–water partition coefficient (Wildman–Crippen LogP) is 1.69. The van der Waals surface area contributed by atoms with Gasteiger partial charge in [-0.1, -0.05) is 23.7 Å². The molecule has 1 unspecified atom stereocenters. The topological polar surface area (TPSA) is 95.1 Å². The van der Waals surface area contributed by atoms with Gasteiger partial charge >= 0.3 is 0 Å². The van der Waals surface area contributed by atoms with Gasteiger partial charge in [0.15, 0.2) is 0 Å². The molecule has 0 aliphatic heterocycles. The third kappa shape index (κ3) is 3.62. The maximum absolute atomic E-state index is 12.2. The molecule has 6 nitrogen and oxygen atoms in total. The molecule has 2 aromatic rings. The number of rotatable bonds is 5. The van der Waals surface area contributed by atoms with Gasteiger partial charge in [-0.25, -0.2) is 13.1 Å². The lowest BCUT2D eigenvalue weighted by molar-refractivity contribution is 0.182. The number of hydrogen-bond acceptors (Lipinski definition) is 4. The lowest BCUT2D eigenvalue weighted by atomic mass is 10.1. The molecule has 1 aromatic carbocycles. The van der Waals surface area contributed by atoms with Crippen LogP contribution < -0.4 is 4.72 Å². The minimum Gasteiger partial charge on any atom is -0.387 e. The minimum absolute atomic E-state index is 0.116. The van der Waals surface area contributed by atoms with E-state index in [9.17, 15) is 13.5 Å². The molecule has 0 amide bonds. The number of aryl methyl sites for hydroxylation is 2. The van der Waals surface area contributed by atoms with E-state index in [1.165, 1.54) is 0 Å². The van der Waals surface area contributed by atoms with Gasteiger partial charge in [0.1, 0.15) is 4.90 Å². The highest BCUT2D eigenvalue weighted by Crippen LogP contribution is 2.19. The molecule has 1 aromatic heterocycles. The van der Waals surface area contributed by atoms with E-state index >= 15 is 0 Å². The van der Waals surface area contributed by atoms with E-state index in [0.29, 0.717) is 22.0 Å². The first-order valence-corrected chi connectivity index (χ1v) is 8.12. The summed E-state index contributed by atoms with van der Waals surface area (Å²) in [4.78, 5) is 0.116. The van der Waals surface area contributed by atoms with Crippen LogP contribution in [0.5, 0.6) is 0 Å². The number of H-pyrrole nitrogens is 1. The Hall–Kier alpha value is -1.41. The van der Waals surface area contributed by atoms with Crippen LogP contribution in [0.3, 0.4) is 0 Å². The standard InChI is InChI=1S/C13H16ClN3O3S/c1-8-13(9(2)17-16-8)21(19,20)15-7-12(18)10-3-5-11(14)6-4-10/h3-6,12,15,18H,7H2,1-2H3,(H,16,17). The number of hydrogen-bond donors (Lipinski definition) is 3. The van der Waals surface area contributed by atoms with E-state index in [4.69, 9.17) is 11.6 Å². The maximum Gasteiger partial charge on any atom is 0.244 e. The van der Waals surface area contributed by atoms with Crippen LogP contribution in [0.1, 0.15) is 23.1 Å². The average molecular weight is 330 g/mol. The Labute approximate surface area is 128 Å². The second-order valence-corrected chi connectivity index (χ2v) is 6.82. The van der Waals surface area contributed by atoms with Gasteiger partial charge in [-0.15, -0.1) is 0 Å². The van der Waals surface area contributed by atoms with Gasteiger partial charge < -0.3 is 5.11 Å². The molecule has 0 spiro atoms. The summed E-state index contributed by atoms with van der Waals surface area (Å²) in [5.41, 5.74) is 1.43. The molecule has 0 fully saturated rings. The van der Waals surface area contributed by atoms with E-state index in [2.05, 4.69) is 14.9 Å². The van der Waals surface area contributed by atoms with Gasteiger partial charge in [0.05, 0.1) is 17.5 Å². The SMILES string of the molecule is Cc1n[nH]c(C)c1S(=O)(=O)NCC(O)c1ccc(Cl)cc1. The molecule has 0 aliphatic rings. The number of aromatic nitrogens is 2. The summed E-state index contributed by atoms with van der Waals surface area (Å²) < 4.78 is 26.8. The Morgan fingerprint density at radius 3 is 2.48 bits per heavy atom. The van der Waals surface area contributed by atoms with E-state index in [1.54, 1.807) is 38.1 Å². The summed E-state index contributed by atoms with van der Waals surface area (Å²) in [5, 5.41) is 17.0. The van der Waals surface area contributed by atoms with Gasteiger partial charge in [0.2, 0.25) is 10.0 Å². The molecule has 1 heterocycles. The van der Waals surface area contributed by atoms with Crippen molar-refractivity contribution in [3.05, 3.63) is 46.2 Å². The minimum atomic E-state index is -3.72. The summed E-state index contributed by atoms with van der Waals surface area (Å²) in [6.07, 6.45) is -0.954. The van der Waals surface area contributed by atoms with Crippen molar-refractivity contribution >= 4 is 21.6 Å². The summed E-state index contributed by atoms with van der Waals surface area (Å²) in [6.45, 7) is 3.10. The van der Waals surface area contributed by atoms with Crippen molar-refractivity contribution in [1.82, 2.24) is 14.9 Å². The number of sulfonamides is 1. The van der Waals surface area contributed by atoms with Crippen molar-refractivity contribution in [2.45, 2.75) is 24.8 Å². The van der Waals surface area contributed by atoms with Crippen molar-refractivity contribution in [1.29, 1.82) is 0 Å². The van der Waals surface area contributed by atoms with Crippen molar-refractivity contribution in [3.8, 4) is 0 Å². The molecule has 0 bridgehead atoms. The fourth-order valence-electron chi connectivity index (χ4n) is 2.00. The van der Waals surface area contributed by atoms with Crippen molar-refractivity contribution in [3.63, 3.8) is 0 Å². The van der Waals surface area contributed by atoms with E-state index in [-0.39, 0.29) is 11.4 Å². The second-order valence-electron chi connectivity index (χ2n) is 4.68. The molecule has 2 rings (SSSR count). The molecule has 1 atom stereocenters. The Balaban J connectivity index is 2.10. The lowest BCUT2D eigenvalue weighted by Gasteiger charge is -2.13. The van der Waals surface area contributed by atoms with E-state index < -0.39 is 16.1 Å². The molecular formula is C13H16ClN3O3S. The van der Waals surface area contributed by atoms with Crippen molar-refractivity contribution < 1.29 is 13.5 Å². The lowest BCUT2D eigenvalue weighted by Crippen LogP contribution is -2.29. The van der Waals surface area contributed by atoms with E-state index in [0.717, 1.165) is 0 Å². The van der Waals surface area contributed by atoms with Gasteiger partial charge in [0.25, 0.3) is 0 Å². The molecular weight excluding hydrogens is 314 g/mol. The van der Waals surface area contributed by atoms with Crippen LogP contribution in [0.15, 0.2) is 29.2 Å². The maximum atomic E-state index is 12.2. The van der Waals surface area contributed by atoms with Crippen LogP contribution in [-0.2, 0) is 10.0 Å². The number of aliphatic hydroxyl groups excluding tert-OH is 1. The molecule has 0 saturated carbocycles. The quantitative estimate of drug-likeness (QED) is 0.778. The molecule has 0 aliphatic carbocycles. The Bertz CT molecular complexity index is 706. The Kier molecular flexibility index (Phi) is 4.67. The van der Waals surface area contributed by atoms with Crippen LogP contribution >= 0.6 is 11.6 Å². The number of benzene rings is 1. The summed E-state index contributed by atoms with van der Waals surface area (Å²) >= 11 is 5.76. The van der Waals surface area contributed by atoms with Crippen LogP contribution in [-0.4, -0.2) is 30.3 Å². The van der Waals surface area contributed by atoms with Gasteiger partial charge in [-0.3, -0.25) is 5.10 Å². The molecule has 114 valence electrons. The summed E-state index contributed by atoms with van der Waals surface area (Å²) in [5.74, 6) is 0. The monoisotopic (exact) mass is 329 g/mol. The Morgan fingerprint density at radius 2 is 1.95 bits per heavy atom. The number of nitrogens with zero attached hydrogens (tertiary/aromatic N) is 1. The first-order valence-electron chi connectivity index (χ1n) is 6.26. The van der Waals surface area contributed by atoms with E-state index in [1.807, 2.05) is 0 Å². The fraction of sp³-hybridized carbons (Fsp3) is 0.308. The predicted molar refractivity (Wildman–Crippen MR) is 79.7 cm³/mol. The zero-order chi connectivity index (χ0) is 15.6. The van der Waals surface area contributed by atoms with Gasteiger partial charge in [-0.05, 0) is 31.5 Å². The zero-order valence-corrected chi connectivity index (χ0v) is 13.2. The third-order valence-electron chi connectivity index (χ3n) is 3.05. The van der Waals surface area contributed by atoms with Gasteiger partial charge in [-0.2, -0.15) is 5.10 Å². The molecule has 8 heteroatoms. The number of nitrogens with one attached hydrogen (secondary N) is 2. The molecule has 21 heavy (non-hydrogen) atoms. The first-order chi connectivity index (χ1) is 9.81. The second kappa shape index (κ2) is 6.15. The highest BCUT2D eigenvalue weighted by molar-refractivity contribution is 7.89. The number of halogens is 1. The first kappa shape index (κ1) is 16.0. The fourth-order valence-corrected chi connectivity index (χ4v) is 3.53. The van der Waals surface area contributed by atoms with Crippen molar-refractivity contribution in [2.24, 2.45) is 0 Å². The largest absolute Gasteiger partial charge is 0.387 e. The summed E-state index contributed by atoms with van der Waals surface area (Å²) in [7, 11) is -3.72. The molecule has 0 saturated heterocycles. The van der Waals surface area contributed by atoms with Crippen molar-refractivity contribution in [2.75, 3.05) is 6.54 Å². The van der Waals surface area contributed by atoms with Crippen LogP contribution in [0.25, 0.3) is 0 Å². The average Bonchev–Trinajstić information content (AvgIpc) is 2.77. The highest BCUT2D eigenvalue weighted by atomic mass is 35.5. The number of aromatic amines is 1. The zero-order valence-electron chi connectivity index (χ0n) is 11.6. The van der Waals surface area contributed by atoms with Crippen LogP contribution in [0.2, 0.25) is 5.02 Å². The number of aliphatic hydroxyl groups is 1. The highest BCUT2D eigenvalue weighted by Gasteiger charge is 2.23. The summed E-state index contributed by atoms with van der Waals surface area (Å²) in [6, 6.07) is 6.57.